The summed E-state index contributed by atoms with van der Waals surface area (Å²) in [6.45, 7) is 0. The highest BCUT2D eigenvalue weighted by Gasteiger charge is 2.66. The van der Waals surface area contributed by atoms with E-state index >= 15 is 0 Å². The molecule has 0 aromatic heterocycles. The molecule has 76 valence electrons. The van der Waals surface area contributed by atoms with Crippen molar-refractivity contribution in [2.24, 2.45) is 16.7 Å². The number of carboxylic acids is 1. The second-order valence-corrected chi connectivity index (χ2v) is 4.48. The molecule has 2 aliphatic carbocycles. The number of carboxylic acid groups (broad SMARTS) is 1. The molecule has 0 amide bonds. The fourth-order valence-corrected chi connectivity index (χ4v) is 3.15. The van der Waals surface area contributed by atoms with E-state index in [2.05, 4.69) is 0 Å². The molecule has 0 aromatic carbocycles. The summed E-state index contributed by atoms with van der Waals surface area (Å²) in [5.74, 6) is -0.900. The molecule has 0 aliphatic heterocycles. The fraction of sp³-hybridized carbons (Fsp3) is 0.700. The number of hydrogen-bond donors (Lipinski definition) is 1. The quantitative estimate of drug-likeness (QED) is 0.531. The minimum Gasteiger partial charge on any atom is -0.480 e. The van der Waals surface area contributed by atoms with Gasteiger partial charge in [0, 0.05) is 5.41 Å². The van der Waals surface area contributed by atoms with Crippen molar-refractivity contribution in [1.82, 2.24) is 0 Å². The molecule has 0 saturated heterocycles. The van der Waals surface area contributed by atoms with Gasteiger partial charge in [-0.2, -0.15) is 0 Å². The zero-order chi connectivity index (χ0) is 10.4. The number of carbonyl (C=O) groups excluding carboxylic acids is 2. The molecule has 2 bridgehead atoms. The Labute approximate surface area is 81.3 Å². The first-order valence-corrected chi connectivity index (χ1v) is 4.76. The minimum absolute atomic E-state index is 0.237. The van der Waals surface area contributed by atoms with E-state index in [1.165, 1.54) is 0 Å². The van der Waals surface area contributed by atoms with Gasteiger partial charge in [-0.3, -0.25) is 4.79 Å². The van der Waals surface area contributed by atoms with Crippen LogP contribution in [-0.4, -0.2) is 23.6 Å². The van der Waals surface area contributed by atoms with Gasteiger partial charge in [0.05, 0.1) is 0 Å². The molecule has 14 heavy (non-hydrogen) atoms. The SMILES string of the molecule is O=CC12CCC(C1)CC2(C=O)C(=O)O. The fourth-order valence-electron chi connectivity index (χ4n) is 3.15. The molecular weight excluding hydrogens is 184 g/mol. The molecule has 2 aliphatic rings. The maximum absolute atomic E-state index is 11.1. The Bertz CT molecular complexity index is 311. The van der Waals surface area contributed by atoms with Crippen molar-refractivity contribution < 1.29 is 19.5 Å². The van der Waals surface area contributed by atoms with E-state index in [1.54, 1.807) is 0 Å². The third-order valence-electron chi connectivity index (χ3n) is 3.96. The van der Waals surface area contributed by atoms with E-state index in [-0.39, 0.29) is 5.92 Å². The zero-order valence-corrected chi connectivity index (χ0v) is 7.73. The molecule has 3 atom stereocenters. The van der Waals surface area contributed by atoms with Crippen molar-refractivity contribution in [3.05, 3.63) is 0 Å². The normalized spacial score (nSPS) is 45.0. The predicted octanol–water partition coefficient (Wildman–Crippen LogP) is 0.645. The van der Waals surface area contributed by atoms with Gasteiger partial charge in [-0.15, -0.1) is 0 Å². The number of fused-ring (bicyclic) bond motifs is 2. The van der Waals surface area contributed by atoms with Gasteiger partial charge in [-0.05, 0) is 31.6 Å². The van der Waals surface area contributed by atoms with Gasteiger partial charge in [0.2, 0.25) is 0 Å². The summed E-state index contributed by atoms with van der Waals surface area (Å²) in [5.41, 5.74) is -2.34. The van der Waals surface area contributed by atoms with Crippen LogP contribution in [0.5, 0.6) is 0 Å². The van der Waals surface area contributed by atoms with Gasteiger partial charge < -0.3 is 14.7 Å². The molecular formula is C10H12O4. The topological polar surface area (TPSA) is 71.4 Å². The third kappa shape index (κ3) is 0.811. The number of hydrogen-bond acceptors (Lipinski definition) is 3. The number of aliphatic carboxylic acids is 1. The van der Waals surface area contributed by atoms with Gasteiger partial charge in [0.15, 0.2) is 0 Å². The Kier molecular flexibility index (Phi) is 1.77. The van der Waals surface area contributed by atoms with Crippen molar-refractivity contribution in [2.75, 3.05) is 0 Å². The predicted molar refractivity (Wildman–Crippen MR) is 46.6 cm³/mol. The van der Waals surface area contributed by atoms with Crippen LogP contribution in [0.25, 0.3) is 0 Å². The molecule has 0 heterocycles. The lowest BCUT2D eigenvalue weighted by Gasteiger charge is -2.35. The van der Waals surface area contributed by atoms with Crippen LogP contribution in [0, 0.1) is 16.7 Å². The molecule has 2 saturated carbocycles. The Balaban J connectivity index is 2.49. The van der Waals surface area contributed by atoms with Crippen LogP contribution in [-0.2, 0) is 14.4 Å². The number of carbonyl (C=O) groups is 3. The Hall–Kier alpha value is -1.19. The molecule has 4 nitrogen and oxygen atoms in total. The number of rotatable bonds is 3. The molecule has 0 aromatic rings. The van der Waals surface area contributed by atoms with Crippen molar-refractivity contribution in [2.45, 2.75) is 25.7 Å². The first-order chi connectivity index (χ1) is 6.60. The van der Waals surface area contributed by atoms with Crippen LogP contribution in [0.15, 0.2) is 0 Å². The Morgan fingerprint density at radius 1 is 1.29 bits per heavy atom. The molecule has 2 rings (SSSR count). The van der Waals surface area contributed by atoms with Crippen LogP contribution >= 0.6 is 0 Å². The van der Waals surface area contributed by atoms with Crippen LogP contribution in [0.1, 0.15) is 25.7 Å². The molecule has 4 heteroatoms. The Morgan fingerprint density at radius 3 is 2.36 bits per heavy atom. The summed E-state index contributed by atoms with van der Waals surface area (Å²) in [6, 6.07) is 0. The Morgan fingerprint density at radius 2 is 2.00 bits per heavy atom. The van der Waals surface area contributed by atoms with E-state index in [1.807, 2.05) is 0 Å². The van der Waals surface area contributed by atoms with E-state index in [0.717, 1.165) is 6.42 Å². The summed E-state index contributed by atoms with van der Waals surface area (Å²) >= 11 is 0. The third-order valence-corrected chi connectivity index (χ3v) is 3.96. The summed E-state index contributed by atoms with van der Waals surface area (Å²) in [5, 5.41) is 9.09. The van der Waals surface area contributed by atoms with E-state index in [9.17, 15) is 14.4 Å². The summed E-state index contributed by atoms with van der Waals surface area (Å²) in [4.78, 5) is 33.1. The van der Waals surface area contributed by atoms with E-state index in [0.29, 0.717) is 31.8 Å². The monoisotopic (exact) mass is 196 g/mol. The molecule has 0 radical (unpaired) electrons. The maximum atomic E-state index is 11.1. The van der Waals surface area contributed by atoms with Crippen molar-refractivity contribution in [3.63, 3.8) is 0 Å². The molecule has 1 N–H and O–H groups in total. The minimum atomic E-state index is -1.43. The van der Waals surface area contributed by atoms with Gasteiger partial charge >= 0.3 is 5.97 Å². The van der Waals surface area contributed by atoms with Crippen molar-refractivity contribution in [1.29, 1.82) is 0 Å². The van der Waals surface area contributed by atoms with Crippen molar-refractivity contribution in [3.8, 4) is 0 Å². The average molecular weight is 196 g/mol. The first-order valence-electron chi connectivity index (χ1n) is 4.76. The highest BCUT2D eigenvalue weighted by molar-refractivity contribution is 5.98. The second-order valence-electron chi connectivity index (χ2n) is 4.48. The van der Waals surface area contributed by atoms with E-state index < -0.39 is 16.8 Å². The van der Waals surface area contributed by atoms with Gasteiger partial charge in [-0.25, -0.2) is 0 Å². The smallest absolute Gasteiger partial charge is 0.317 e. The number of aldehydes is 2. The van der Waals surface area contributed by atoms with Gasteiger partial charge in [0.25, 0.3) is 0 Å². The highest BCUT2D eigenvalue weighted by atomic mass is 16.4. The van der Waals surface area contributed by atoms with Crippen LogP contribution < -0.4 is 0 Å². The molecule has 0 spiro atoms. The zero-order valence-electron chi connectivity index (χ0n) is 7.73. The van der Waals surface area contributed by atoms with Crippen molar-refractivity contribution >= 4 is 18.5 Å². The van der Waals surface area contributed by atoms with E-state index in [4.69, 9.17) is 5.11 Å². The lowest BCUT2D eigenvalue weighted by molar-refractivity contribution is -0.161. The second kappa shape index (κ2) is 2.65. The van der Waals surface area contributed by atoms with Crippen LogP contribution in [0.4, 0.5) is 0 Å². The average Bonchev–Trinajstić information content (AvgIpc) is 2.73. The van der Waals surface area contributed by atoms with Crippen LogP contribution in [0.2, 0.25) is 0 Å². The lowest BCUT2D eigenvalue weighted by atomic mass is 9.64. The maximum Gasteiger partial charge on any atom is 0.317 e. The molecule has 2 fully saturated rings. The largest absolute Gasteiger partial charge is 0.480 e. The summed E-state index contributed by atoms with van der Waals surface area (Å²) in [7, 11) is 0. The summed E-state index contributed by atoms with van der Waals surface area (Å²) < 4.78 is 0. The first kappa shape index (κ1) is 9.37. The summed E-state index contributed by atoms with van der Waals surface area (Å²) in [6.07, 6.45) is 3.51. The van der Waals surface area contributed by atoms with Crippen LogP contribution in [0.3, 0.4) is 0 Å². The highest BCUT2D eigenvalue weighted by Crippen LogP contribution is 2.62. The lowest BCUT2D eigenvalue weighted by Crippen LogP contribution is -2.47. The van der Waals surface area contributed by atoms with Gasteiger partial charge in [-0.1, -0.05) is 0 Å². The standard InChI is InChI=1S/C10H12O4/c11-5-9-2-1-7(3-9)4-10(9,6-12)8(13)14/h5-7H,1-4H2,(H,13,14). The molecule has 3 unspecified atom stereocenters. The van der Waals surface area contributed by atoms with Gasteiger partial charge in [0.1, 0.15) is 18.0 Å².